The molecular weight excluding hydrogens is 378 g/mol. The van der Waals surface area contributed by atoms with Gasteiger partial charge in [0.05, 0.1) is 16.8 Å². The zero-order valence-electron chi connectivity index (χ0n) is 18.1. The Morgan fingerprint density at radius 3 is 2.50 bits per heavy atom. The normalized spacial score (nSPS) is 10.7. The van der Waals surface area contributed by atoms with Crippen LogP contribution in [0.3, 0.4) is 0 Å². The van der Waals surface area contributed by atoms with Gasteiger partial charge in [-0.1, -0.05) is 29.4 Å². The summed E-state index contributed by atoms with van der Waals surface area (Å²) in [7, 11) is 4.06. The summed E-state index contributed by atoms with van der Waals surface area (Å²) in [6.07, 6.45) is 1.79. The van der Waals surface area contributed by atoms with Crippen LogP contribution < -0.4 is 15.0 Å². The van der Waals surface area contributed by atoms with Gasteiger partial charge in [-0.3, -0.25) is 4.79 Å². The number of nitrogens with zero attached hydrogens (tertiary/aromatic N) is 2. The van der Waals surface area contributed by atoms with Gasteiger partial charge in [0.15, 0.2) is 0 Å². The third kappa shape index (κ3) is 5.41. The fraction of sp³-hybridized carbons (Fsp3) is 0.333. The number of carbonyl (C=O) groups is 1. The zero-order chi connectivity index (χ0) is 21.5. The number of amides is 1. The average molecular weight is 408 g/mol. The predicted octanol–water partition coefficient (Wildman–Crippen LogP) is 4.30. The summed E-state index contributed by atoms with van der Waals surface area (Å²) in [5.41, 5.74) is 4.68. The molecule has 1 heterocycles. The summed E-state index contributed by atoms with van der Waals surface area (Å²) in [5, 5.41) is 6.93. The summed E-state index contributed by atoms with van der Waals surface area (Å²) < 4.78 is 11.1. The third-order valence-electron chi connectivity index (χ3n) is 5.07. The Kier molecular flexibility index (Phi) is 7.12. The van der Waals surface area contributed by atoms with Gasteiger partial charge in [-0.2, -0.15) is 0 Å². The third-order valence-corrected chi connectivity index (χ3v) is 5.07. The highest BCUT2D eigenvalue weighted by molar-refractivity contribution is 5.96. The van der Waals surface area contributed by atoms with Crippen LogP contribution in [0.4, 0.5) is 5.69 Å². The molecule has 3 aromatic rings. The molecule has 1 N–H and O–H groups in total. The molecule has 3 rings (SSSR count). The van der Waals surface area contributed by atoms with Gasteiger partial charge in [-0.15, -0.1) is 0 Å². The highest BCUT2D eigenvalue weighted by Crippen LogP contribution is 2.21. The molecule has 30 heavy (non-hydrogen) atoms. The summed E-state index contributed by atoms with van der Waals surface area (Å²) in [5.74, 6) is 1.15. The smallest absolute Gasteiger partial charge is 0.255 e. The van der Waals surface area contributed by atoms with Crippen molar-refractivity contribution in [1.82, 2.24) is 10.5 Å². The minimum absolute atomic E-state index is 0.132. The number of anilines is 1. The largest absolute Gasteiger partial charge is 0.488 e. The lowest BCUT2D eigenvalue weighted by molar-refractivity contribution is 0.0948. The van der Waals surface area contributed by atoms with E-state index in [0.29, 0.717) is 24.5 Å². The van der Waals surface area contributed by atoms with Crippen LogP contribution >= 0.6 is 0 Å². The molecule has 0 radical (unpaired) electrons. The van der Waals surface area contributed by atoms with E-state index in [1.807, 2.05) is 40.1 Å². The lowest BCUT2D eigenvalue weighted by Crippen LogP contribution is -2.25. The van der Waals surface area contributed by atoms with Gasteiger partial charge in [-0.05, 0) is 56.5 Å². The Hall–Kier alpha value is -3.28. The van der Waals surface area contributed by atoms with Crippen molar-refractivity contribution in [2.45, 2.75) is 33.3 Å². The molecule has 0 atom stereocenters. The van der Waals surface area contributed by atoms with E-state index in [2.05, 4.69) is 39.6 Å². The summed E-state index contributed by atoms with van der Waals surface area (Å²) >= 11 is 0. The number of rotatable bonds is 9. The van der Waals surface area contributed by atoms with Crippen molar-refractivity contribution in [3.63, 3.8) is 0 Å². The summed E-state index contributed by atoms with van der Waals surface area (Å²) in [6, 6.07) is 15.8. The first-order valence-corrected chi connectivity index (χ1v) is 10.1. The SMILES string of the molecule is Cc1noc(C)c1COc1ccccc1C(=O)NCCCc1ccc(N(C)C)cc1. The molecule has 0 spiro atoms. The van der Waals surface area contributed by atoms with Gasteiger partial charge in [0.1, 0.15) is 18.1 Å². The monoisotopic (exact) mass is 407 g/mol. The molecule has 1 aromatic heterocycles. The van der Waals surface area contributed by atoms with E-state index in [4.69, 9.17) is 9.26 Å². The molecule has 0 saturated heterocycles. The number of carbonyl (C=O) groups excluding carboxylic acids is 1. The number of benzene rings is 2. The molecule has 0 unspecified atom stereocenters. The van der Waals surface area contributed by atoms with E-state index in [9.17, 15) is 4.79 Å². The van der Waals surface area contributed by atoms with Crippen molar-refractivity contribution in [2.24, 2.45) is 0 Å². The van der Waals surface area contributed by atoms with Crippen LogP contribution in [-0.2, 0) is 13.0 Å². The van der Waals surface area contributed by atoms with Crippen molar-refractivity contribution < 1.29 is 14.1 Å². The number of aryl methyl sites for hydroxylation is 3. The second kappa shape index (κ2) is 9.96. The molecule has 0 aliphatic rings. The van der Waals surface area contributed by atoms with Crippen LogP contribution in [0.1, 0.15) is 39.4 Å². The lowest BCUT2D eigenvalue weighted by atomic mass is 10.1. The van der Waals surface area contributed by atoms with Crippen molar-refractivity contribution in [3.05, 3.63) is 76.7 Å². The van der Waals surface area contributed by atoms with Gasteiger partial charge < -0.3 is 19.5 Å². The Morgan fingerprint density at radius 1 is 1.10 bits per heavy atom. The maximum Gasteiger partial charge on any atom is 0.255 e. The van der Waals surface area contributed by atoms with Crippen LogP contribution in [0.5, 0.6) is 5.75 Å². The fourth-order valence-corrected chi connectivity index (χ4v) is 3.19. The molecule has 158 valence electrons. The minimum atomic E-state index is -0.132. The molecule has 6 heteroatoms. The summed E-state index contributed by atoms with van der Waals surface area (Å²) in [4.78, 5) is 14.7. The van der Waals surface area contributed by atoms with E-state index in [0.717, 1.165) is 29.9 Å². The second-order valence-electron chi connectivity index (χ2n) is 7.51. The Bertz CT molecular complexity index is 958. The topological polar surface area (TPSA) is 67.6 Å². The van der Waals surface area contributed by atoms with E-state index < -0.39 is 0 Å². The van der Waals surface area contributed by atoms with Crippen LogP contribution in [0.25, 0.3) is 0 Å². The molecule has 0 fully saturated rings. The van der Waals surface area contributed by atoms with E-state index >= 15 is 0 Å². The molecular formula is C24H29N3O3. The first-order valence-electron chi connectivity index (χ1n) is 10.1. The summed E-state index contributed by atoms with van der Waals surface area (Å²) in [6.45, 7) is 4.65. The van der Waals surface area contributed by atoms with Crippen molar-refractivity contribution in [1.29, 1.82) is 0 Å². The maximum absolute atomic E-state index is 12.7. The molecule has 0 bridgehead atoms. The van der Waals surface area contributed by atoms with Crippen LogP contribution in [0.15, 0.2) is 53.1 Å². The predicted molar refractivity (Wildman–Crippen MR) is 118 cm³/mol. The van der Waals surface area contributed by atoms with Gasteiger partial charge >= 0.3 is 0 Å². The molecule has 0 aliphatic carbocycles. The molecule has 2 aromatic carbocycles. The van der Waals surface area contributed by atoms with Gasteiger partial charge in [0.25, 0.3) is 5.91 Å². The molecule has 6 nitrogen and oxygen atoms in total. The quantitative estimate of drug-likeness (QED) is 0.536. The van der Waals surface area contributed by atoms with Crippen LogP contribution in [0.2, 0.25) is 0 Å². The second-order valence-corrected chi connectivity index (χ2v) is 7.51. The number of hydrogen-bond acceptors (Lipinski definition) is 5. The molecule has 1 amide bonds. The van der Waals surface area contributed by atoms with Gasteiger partial charge in [-0.25, -0.2) is 0 Å². The van der Waals surface area contributed by atoms with Crippen molar-refractivity contribution in [3.8, 4) is 5.75 Å². The minimum Gasteiger partial charge on any atom is -0.488 e. The van der Waals surface area contributed by atoms with Crippen molar-refractivity contribution in [2.75, 3.05) is 25.5 Å². The van der Waals surface area contributed by atoms with Gasteiger partial charge in [0, 0.05) is 26.3 Å². The molecule has 0 aliphatic heterocycles. The lowest BCUT2D eigenvalue weighted by Gasteiger charge is -2.13. The van der Waals surface area contributed by atoms with Gasteiger partial charge in [0.2, 0.25) is 0 Å². The zero-order valence-corrected chi connectivity index (χ0v) is 18.1. The highest BCUT2D eigenvalue weighted by atomic mass is 16.5. The van der Waals surface area contributed by atoms with E-state index in [1.165, 1.54) is 11.3 Å². The fourth-order valence-electron chi connectivity index (χ4n) is 3.19. The maximum atomic E-state index is 12.7. The Balaban J connectivity index is 1.51. The Labute approximate surface area is 177 Å². The Morgan fingerprint density at radius 2 is 1.83 bits per heavy atom. The number of hydrogen-bond donors (Lipinski definition) is 1. The number of ether oxygens (including phenoxy) is 1. The standard InChI is InChI=1S/C24H29N3O3/c1-17-22(18(2)30-26-17)16-29-23-10-6-5-9-21(23)24(28)25-15-7-8-19-11-13-20(14-12-19)27(3)4/h5-6,9-14H,7-8,15-16H2,1-4H3,(H,25,28). The first-order chi connectivity index (χ1) is 14.5. The number of nitrogens with one attached hydrogen (secondary N) is 1. The van der Waals surface area contributed by atoms with E-state index in [1.54, 1.807) is 12.1 Å². The highest BCUT2D eigenvalue weighted by Gasteiger charge is 2.14. The number of para-hydroxylation sites is 1. The average Bonchev–Trinajstić information content (AvgIpc) is 3.07. The number of aromatic nitrogens is 1. The van der Waals surface area contributed by atoms with E-state index in [-0.39, 0.29) is 5.91 Å². The van der Waals surface area contributed by atoms with Crippen molar-refractivity contribution >= 4 is 11.6 Å². The van der Waals surface area contributed by atoms with Crippen LogP contribution in [-0.4, -0.2) is 31.7 Å². The van der Waals surface area contributed by atoms with Crippen LogP contribution in [0, 0.1) is 13.8 Å². The molecule has 0 saturated carbocycles. The first kappa shape index (κ1) is 21.4.